The van der Waals surface area contributed by atoms with Gasteiger partial charge in [-0.05, 0) is 36.8 Å². The standard InChI is InChI=1S/C23H29N3/c1-2-3-4-18-5-7-19(8-6-18)11-14-22-16-26-23(17-25-22)21-12-9-20(15-24)10-13-21/h9-10,12-13,16-19H,2-8,11,14H2,1H3. The molecule has 26 heavy (non-hydrogen) atoms. The molecule has 0 amide bonds. The smallest absolute Gasteiger partial charge is 0.0991 e. The Morgan fingerprint density at radius 1 is 0.962 bits per heavy atom. The van der Waals surface area contributed by atoms with E-state index in [-0.39, 0.29) is 0 Å². The molecule has 136 valence electrons. The van der Waals surface area contributed by atoms with E-state index < -0.39 is 0 Å². The Labute approximate surface area is 157 Å². The molecule has 0 saturated heterocycles. The molecule has 1 aliphatic carbocycles. The largest absolute Gasteiger partial charge is 0.257 e. The van der Waals surface area contributed by atoms with Gasteiger partial charge in [0.2, 0.25) is 0 Å². The van der Waals surface area contributed by atoms with E-state index in [4.69, 9.17) is 5.26 Å². The van der Waals surface area contributed by atoms with Crippen LogP contribution in [0, 0.1) is 23.2 Å². The first kappa shape index (κ1) is 18.6. The quantitative estimate of drug-likeness (QED) is 0.622. The van der Waals surface area contributed by atoms with Crippen molar-refractivity contribution in [2.45, 2.75) is 64.7 Å². The van der Waals surface area contributed by atoms with E-state index in [2.05, 4.69) is 23.0 Å². The molecule has 0 unspecified atom stereocenters. The van der Waals surface area contributed by atoms with Crippen LogP contribution in [0.25, 0.3) is 11.3 Å². The van der Waals surface area contributed by atoms with Crippen molar-refractivity contribution in [1.29, 1.82) is 5.26 Å². The number of hydrogen-bond acceptors (Lipinski definition) is 3. The third kappa shape index (κ3) is 5.14. The van der Waals surface area contributed by atoms with Crippen molar-refractivity contribution >= 4 is 0 Å². The van der Waals surface area contributed by atoms with Crippen LogP contribution in [0.2, 0.25) is 0 Å². The molecule has 1 aliphatic rings. The molecule has 0 radical (unpaired) electrons. The van der Waals surface area contributed by atoms with Gasteiger partial charge >= 0.3 is 0 Å². The summed E-state index contributed by atoms with van der Waals surface area (Å²) in [6.07, 6.45) is 15.9. The third-order valence-electron chi connectivity index (χ3n) is 5.76. The van der Waals surface area contributed by atoms with Gasteiger partial charge in [0.25, 0.3) is 0 Å². The Morgan fingerprint density at radius 2 is 1.65 bits per heavy atom. The van der Waals surface area contributed by atoms with Crippen LogP contribution in [0.3, 0.4) is 0 Å². The van der Waals surface area contributed by atoms with Gasteiger partial charge in [-0.3, -0.25) is 9.97 Å². The van der Waals surface area contributed by atoms with E-state index in [1.165, 1.54) is 51.4 Å². The Kier molecular flexibility index (Phi) is 6.77. The maximum absolute atomic E-state index is 8.88. The number of benzene rings is 1. The van der Waals surface area contributed by atoms with Crippen molar-refractivity contribution in [3.8, 4) is 17.3 Å². The Hall–Kier alpha value is -2.21. The van der Waals surface area contributed by atoms with Gasteiger partial charge in [0, 0.05) is 11.8 Å². The second kappa shape index (κ2) is 9.48. The minimum atomic E-state index is 0.669. The van der Waals surface area contributed by atoms with E-state index in [9.17, 15) is 0 Å². The minimum Gasteiger partial charge on any atom is -0.257 e. The number of nitriles is 1. The monoisotopic (exact) mass is 347 g/mol. The molecule has 3 heteroatoms. The molecular weight excluding hydrogens is 318 g/mol. The molecular formula is C23H29N3. The third-order valence-corrected chi connectivity index (χ3v) is 5.76. The minimum absolute atomic E-state index is 0.669. The Balaban J connectivity index is 1.47. The lowest BCUT2D eigenvalue weighted by Crippen LogP contribution is -2.15. The molecule has 1 fully saturated rings. The fraction of sp³-hybridized carbons (Fsp3) is 0.522. The van der Waals surface area contributed by atoms with Crippen molar-refractivity contribution in [3.63, 3.8) is 0 Å². The molecule has 0 spiro atoms. The average Bonchev–Trinajstić information content (AvgIpc) is 2.72. The SMILES string of the molecule is CCCCC1CCC(CCc2cnc(-c3ccc(C#N)cc3)cn2)CC1. The number of unbranched alkanes of at least 4 members (excludes halogenated alkanes) is 1. The maximum atomic E-state index is 8.88. The molecule has 1 heterocycles. The number of nitrogens with zero attached hydrogens (tertiary/aromatic N) is 3. The van der Waals surface area contributed by atoms with E-state index in [0.717, 1.165) is 35.2 Å². The second-order valence-corrected chi connectivity index (χ2v) is 7.65. The normalized spacial score (nSPS) is 19.8. The molecule has 0 bridgehead atoms. The summed E-state index contributed by atoms with van der Waals surface area (Å²) >= 11 is 0. The summed E-state index contributed by atoms with van der Waals surface area (Å²) in [6.45, 7) is 2.29. The van der Waals surface area contributed by atoms with Crippen LogP contribution in [0.15, 0.2) is 36.7 Å². The predicted molar refractivity (Wildman–Crippen MR) is 105 cm³/mol. The zero-order chi connectivity index (χ0) is 18.2. The van der Waals surface area contributed by atoms with Gasteiger partial charge < -0.3 is 0 Å². The van der Waals surface area contributed by atoms with Gasteiger partial charge in [-0.2, -0.15) is 5.26 Å². The molecule has 1 aromatic heterocycles. The van der Waals surface area contributed by atoms with Crippen molar-refractivity contribution in [1.82, 2.24) is 9.97 Å². The average molecular weight is 348 g/mol. The first-order chi connectivity index (χ1) is 12.8. The van der Waals surface area contributed by atoms with Gasteiger partial charge in [0.05, 0.1) is 29.2 Å². The summed E-state index contributed by atoms with van der Waals surface area (Å²) < 4.78 is 0. The van der Waals surface area contributed by atoms with Crippen LogP contribution in [-0.2, 0) is 6.42 Å². The van der Waals surface area contributed by atoms with Gasteiger partial charge in [0.15, 0.2) is 0 Å². The van der Waals surface area contributed by atoms with Crippen molar-refractivity contribution in [3.05, 3.63) is 47.9 Å². The summed E-state index contributed by atoms with van der Waals surface area (Å²) in [5, 5.41) is 8.88. The fourth-order valence-electron chi connectivity index (χ4n) is 4.00. The van der Waals surface area contributed by atoms with Crippen molar-refractivity contribution in [2.75, 3.05) is 0 Å². The highest BCUT2D eigenvalue weighted by Gasteiger charge is 2.20. The fourth-order valence-corrected chi connectivity index (χ4v) is 4.00. The van der Waals surface area contributed by atoms with E-state index >= 15 is 0 Å². The van der Waals surface area contributed by atoms with Gasteiger partial charge in [-0.1, -0.05) is 64.0 Å². The molecule has 2 aromatic rings. The highest BCUT2D eigenvalue weighted by atomic mass is 14.8. The van der Waals surface area contributed by atoms with E-state index in [0.29, 0.717) is 5.56 Å². The summed E-state index contributed by atoms with van der Waals surface area (Å²) in [4.78, 5) is 9.18. The van der Waals surface area contributed by atoms with Crippen molar-refractivity contribution in [2.24, 2.45) is 11.8 Å². The topological polar surface area (TPSA) is 49.6 Å². The summed E-state index contributed by atoms with van der Waals surface area (Å²) in [5.74, 6) is 1.85. The van der Waals surface area contributed by atoms with Gasteiger partial charge in [-0.25, -0.2) is 0 Å². The lowest BCUT2D eigenvalue weighted by atomic mass is 9.78. The molecule has 1 saturated carbocycles. The summed E-state index contributed by atoms with van der Waals surface area (Å²) in [5.41, 5.74) is 3.64. The molecule has 1 aromatic carbocycles. The highest BCUT2D eigenvalue weighted by Crippen LogP contribution is 2.34. The molecule has 0 N–H and O–H groups in total. The number of aromatic nitrogens is 2. The first-order valence-electron chi connectivity index (χ1n) is 10.1. The highest BCUT2D eigenvalue weighted by molar-refractivity contribution is 5.59. The predicted octanol–water partition coefficient (Wildman–Crippen LogP) is 5.94. The zero-order valence-electron chi connectivity index (χ0n) is 15.8. The van der Waals surface area contributed by atoms with Crippen molar-refractivity contribution < 1.29 is 0 Å². The van der Waals surface area contributed by atoms with Crippen LogP contribution in [0.4, 0.5) is 0 Å². The molecule has 0 atom stereocenters. The summed E-state index contributed by atoms with van der Waals surface area (Å²) in [6, 6.07) is 9.64. The summed E-state index contributed by atoms with van der Waals surface area (Å²) in [7, 11) is 0. The number of aryl methyl sites for hydroxylation is 1. The second-order valence-electron chi connectivity index (χ2n) is 7.65. The molecule has 3 rings (SSSR count). The number of hydrogen-bond donors (Lipinski definition) is 0. The van der Waals surface area contributed by atoms with Crippen LogP contribution in [0.1, 0.15) is 69.5 Å². The number of rotatable bonds is 7. The molecule has 0 aliphatic heterocycles. The Morgan fingerprint density at radius 3 is 2.23 bits per heavy atom. The zero-order valence-corrected chi connectivity index (χ0v) is 15.8. The van der Waals surface area contributed by atoms with Gasteiger partial charge in [0.1, 0.15) is 0 Å². The van der Waals surface area contributed by atoms with E-state index in [1.807, 2.05) is 36.7 Å². The van der Waals surface area contributed by atoms with Crippen LogP contribution >= 0.6 is 0 Å². The van der Waals surface area contributed by atoms with E-state index in [1.54, 1.807) is 0 Å². The van der Waals surface area contributed by atoms with Gasteiger partial charge in [-0.15, -0.1) is 0 Å². The van der Waals surface area contributed by atoms with Crippen LogP contribution in [0.5, 0.6) is 0 Å². The Bertz CT molecular complexity index is 705. The van der Waals surface area contributed by atoms with Crippen LogP contribution < -0.4 is 0 Å². The van der Waals surface area contributed by atoms with Crippen LogP contribution in [-0.4, -0.2) is 9.97 Å². The first-order valence-corrected chi connectivity index (χ1v) is 10.1. The maximum Gasteiger partial charge on any atom is 0.0991 e. The molecule has 3 nitrogen and oxygen atoms in total. The lowest BCUT2D eigenvalue weighted by Gasteiger charge is -2.28. The lowest BCUT2D eigenvalue weighted by molar-refractivity contribution is 0.249.